The van der Waals surface area contributed by atoms with Crippen molar-refractivity contribution in [3.8, 4) is 0 Å². The highest BCUT2D eigenvalue weighted by Crippen LogP contribution is 2.26. The summed E-state index contributed by atoms with van der Waals surface area (Å²) in [5.41, 5.74) is 4.00. The Morgan fingerprint density at radius 3 is 2.83 bits per heavy atom. The lowest BCUT2D eigenvalue weighted by Crippen LogP contribution is -2.26. The number of carbonyl (C=O) groups excluding carboxylic acids is 1. The molecular formula is C19H22ClFN2O. The normalized spacial score (nSPS) is 14.3. The van der Waals surface area contributed by atoms with Gasteiger partial charge in [0.15, 0.2) is 0 Å². The van der Waals surface area contributed by atoms with Crippen LogP contribution in [0.15, 0.2) is 36.4 Å². The van der Waals surface area contributed by atoms with Crippen molar-refractivity contribution >= 4 is 24.0 Å². The molecule has 0 spiro atoms. The molecule has 1 aliphatic heterocycles. The van der Waals surface area contributed by atoms with Gasteiger partial charge in [-0.1, -0.05) is 35.9 Å². The summed E-state index contributed by atoms with van der Waals surface area (Å²) in [6.07, 6.45) is 0.651. The van der Waals surface area contributed by atoms with Gasteiger partial charge in [-0.25, -0.2) is 4.39 Å². The first kappa shape index (κ1) is 18.4. The number of anilines is 1. The summed E-state index contributed by atoms with van der Waals surface area (Å²) in [6, 6.07) is 11.4. The Balaban J connectivity index is 0.00000208. The van der Waals surface area contributed by atoms with E-state index in [0.29, 0.717) is 18.5 Å². The molecule has 0 saturated heterocycles. The van der Waals surface area contributed by atoms with Gasteiger partial charge in [-0.15, -0.1) is 12.4 Å². The summed E-state index contributed by atoms with van der Waals surface area (Å²) in [5, 5.41) is 5.96. The van der Waals surface area contributed by atoms with Crippen molar-refractivity contribution in [2.24, 2.45) is 0 Å². The lowest BCUT2D eigenvalue weighted by Gasteiger charge is -2.20. The summed E-state index contributed by atoms with van der Waals surface area (Å²) >= 11 is 0. The zero-order valence-corrected chi connectivity index (χ0v) is 14.7. The summed E-state index contributed by atoms with van der Waals surface area (Å²) < 4.78 is 14.6. The number of fused-ring (bicyclic) bond motifs is 1. The van der Waals surface area contributed by atoms with Crippen LogP contribution in [0.2, 0.25) is 0 Å². The van der Waals surface area contributed by atoms with E-state index in [2.05, 4.69) is 10.6 Å². The molecule has 1 amide bonds. The van der Waals surface area contributed by atoms with E-state index in [1.807, 2.05) is 44.2 Å². The Morgan fingerprint density at radius 1 is 1.29 bits per heavy atom. The Bertz CT molecular complexity index is 748. The van der Waals surface area contributed by atoms with Crippen molar-refractivity contribution in [3.63, 3.8) is 0 Å². The van der Waals surface area contributed by atoms with Crippen LogP contribution in [0.25, 0.3) is 0 Å². The van der Waals surface area contributed by atoms with Crippen LogP contribution in [0.5, 0.6) is 0 Å². The average Bonchev–Trinajstić information content (AvgIpc) is 2.57. The zero-order chi connectivity index (χ0) is 16.4. The van der Waals surface area contributed by atoms with Crippen LogP contribution in [0.3, 0.4) is 0 Å². The summed E-state index contributed by atoms with van der Waals surface area (Å²) in [7, 11) is 0. The third-order valence-electron chi connectivity index (χ3n) is 4.40. The highest BCUT2D eigenvalue weighted by Gasteiger charge is 2.20. The van der Waals surface area contributed by atoms with Gasteiger partial charge in [0.05, 0.1) is 11.6 Å². The molecule has 2 aromatic rings. The molecule has 0 saturated carbocycles. The minimum absolute atomic E-state index is 0. The quantitative estimate of drug-likeness (QED) is 0.882. The van der Waals surface area contributed by atoms with E-state index < -0.39 is 0 Å². The number of amides is 1. The van der Waals surface area contributed by atoms with Crippen LogP contribution in [0, 0.1) is 12.7 Å². The second-order valence-electron chi connectivity index (χ2n) is 6.12. The molecule has 0 fully saturated rings. The molecular weight excluding hydrogens is 327 g/mol. The molecule has 1 aliphatic rings. The number of aryl methyl sites for hydroxylation is 1. The van der Waals surface area contributed by atoms with Gasteiger partial charge < -0.3 is 10.6 Å². The highest BCUT2D eigenvalue weighted by atomic mass is 35.5. The standard InChI is InChI=1S/C19H21FN2O.ClH/c1-12-4-3-5-14(10-12)13(2)19(23)22-17-7-6-15-11-21-9-8-16(15)18(17)20;/h3-7,10,13,21H,8-9,11H2,1-2H3,(H,22,23);1H. The molecule has 2 N–H and O–H groups in total. The first-order valence-corrected chi connectivity index (χ1v) is 7.94. The van der Waals surface area contributed by atoms with E-state index in [1.165, 1.54) is 0 Å². The third-order valence-corrected chi connectivity index (χ3v) is 4.40. The first-order valence-electron chi connectivity index (χ1n) is 7.94. The van der Waals surface area contributed by atoms with Crippen LogP contribution in [-0.2, 0) is 17.8 Å². The number of rotatable bonds is 3. The number of benzene rings is 2. The maximum atomic E-state index is 14.6. The van der Waals surface area contributed by atoms with Gasteiger partial charge in [0.2, 0.25) is 5.91 Å². The SMILES string of the molecule is Cc1cccc(C(C)C(=O)Nc2ccc3c(c2F)CCNC3)c1.Cl. The Hall–Kier alpha value is -1.91. The third kappa shape index (κ3) is 3.77. The molecule has 5 heteroatoms. The molecule has 0 aromatic heterocycles. The van der Waals surface area contributed by atoms with Gasteiger partial charge in [0, 0.05) is 6.54 Å². The molecule has 3 rings (SSSR count). The highest BCUT2D eigenvalue weighted by molar-refractivity contribution is 5.95. The predicted octanol–water partition coefficient (Wildman–Crippen LogP) is 3.94. The molecule has 0 radical (unpaired) electrons. The Kier molecular flexibility index (Phi) is 5.97. The Labute approximate surface area is 148 Å². The van der Waals surface area contributed by atoms with E-state index >= 15 is 0 Å². The number of hydrogen-bond donors (Lipinski definition) is 2. The van der Waals surface area contributed by atoms with Crippen LogP contribution in [0.4, 0.5) is 10.1 Å². The van der Waals surface area contributed by atoms with Crippen molar-refractivity contribution in [3.05, 3.63) is 64.5 Å². The van der Waals surface area contributed by atoms with E-state index in [0.717, 1.165) is 23.2 Å². The van der Waals surface area contributed by atoms with Gasteiger partial charge in [0.25, 0.3) is 0 Å². The fourth-order valence-electron chi connectivity index (χ4n) is 2.96. The van der Waals surface area contributed by atoms with Crippen molar-refractivity contribution < 1.29 is 9.18 Å². The van der Waals surface area contributed by atoms with Gasteiger partial charge in [-0.2, -0.15) is 0 Å². The maximum absolute atomic E-state index is 14.6. The zero-order valence-electron chi connectivity index (χ0n) is 13.9. The van der Waals surface area contributed by atoms with E-state index in [9.17, 15) is 9.18 Å². The van der Waals surface area contributed by atoms with Crippen molar-refractivity contribution in [2.45, 2.75) is 32.7 Å². The number of halogens is 2. The molecule has 0 bridgehead atoms. The van der Waals surface area contributed by atoms with E-state index in [4.69, 9.17) is 0 Å². The summed E-state index contributed by atoms with van der Waals surface area (Å²) in [6.45, 7) is 5.27. The lowest BCUT2D eigenvalue weighted by atomic mass is 9.97. The van der Waals surface area contributed by atoms with Crippen LogP contribution >= 0.6 is 12.4 Å². The average molecular weight is 349 g/mol. The van der Waals surface area contributed by atoms with Gasteiger partial charge in [-0.3, -0.25) is 4.79 Å². The van der Waals surface area contributed by atoms with Crippen molar-refractivity contribution in [1.82, 2.24) is 5.32 Å². The molecule has 1 atom stereocenters. The molecule has 1 heterocycles. The van der Waals surface area contributed by atoms with Gasteiger partial charge in [-0.05, 0) is 49.6 Å². The second kappa shape index (κ2) is 7.77. The molecule has 3 nitrogen and oxygen atoms in total. The fourth-order valence-corrected chi connectivity index (χ4v) is 2.96. The molecule has 128 valence electrons. The number of carbonyl (C=O) groups is 1. The van der Waals surface area contributed by atoms with Crippen LogP contribution in [-0.4, -0.2) is 12.5 Å². The number of nitrogens with one attached hydrogen (secondary N) is 2. The number of hydrogen-bond acceptors (Lipinski definition) is 2. The minimum Gasteiger partial charge on any atom is -0.323 e. The van der Waals surface area contributed by atoms with Crippen molar-refractivity contribution in [2.75, 3.05) is 11.9 Å². The topological polar surface area (TPSA) is 41.1 Å². The molecule has 0 aliphatic carbocycles. The lowest BCUT2D eigenvalue weighted by molar-refractivity contribution is -0.117. The van der Waals surface area contributed by atoms with Crippen molar-refractivity contribution in [1.29, 1.82) is 0 Å². The minimum atomic E-state index is -0.327. The van der Waals surface area contributed by atoms with E-state index in [1.54, 1.807) is 6.07 Å². The molecule has 1 unspecified atom stereocenters. The molecule has 24 heavy (non-hydrogen) atoms. The largest absolute Gasteiger partial charge is 0.323 e. The Morgan fingerprint density at radius 2 is 2.08 bits per heavy atom. The first-order chi connectivity index (χ1) is 11.1. The fraction of sp³-hybridized carbons (Fsp3) is 0.316. The monoisotopic (exact) mass is 348 g/mol. The summed E-state index contributed by atoms with van der Waals surface area (Å²) in [5.74, 6) is -0.816. The van der Waals surface area contributed by atoms with E-state index in [-0.39, 0.29) is 35.7 Å². The van der Waals surface area contributed by atoms with Gasteiger partial charge >= 0.3 is 0 Å². The smallest absolute Gasteiger partial charge is 0.231 e. The maximum Gasteiger partial charge on any atom is 0.231 e. The summed E-state index contributed by atoms with van der Waals surface area (Å²) in [4.78, 5) is 12.5. The van der Waals surface area contributed by atoms with Gasteiger partial charge in [0.1, 0.15) is 5.82 Å². The van der Waals surface area contributed by atoms with Crippen LogP contribution < -0.4 is 10.6 Å². The predicted molar refractivity (Wildman–Crippen MR) is 97.3 cm³/mol. The van der Waals surface area contributed by atoms with Crippen LogP contribution in [0.1, 0.15) is 35.1 Å². The second-order valence-corrected chi connectivity index (χ2v) is 6.12. The molecule has 2 aromatic carbocycles.